The third-order valence-corrected chi connectivity index (χ3v) is 3.36. The average Bonchev–Trinajstić information content (AvgIpc) is 2.19. The summed E-state index contributed by atoms with van der Waals surface area (Å²) in [5, 5.41) is 0. The molecule has 0 N–H and O–H groups in total. The fourth-order valence-corrected chi connectivity index (χ4v) is 2.77. The zero-order valence-corrected chi connectivity index (χ0v) is 7.79. The zero-order valence-electron chi connectivity index (χ0n) is 7.79. The van der Waals surface area contributed by atoms with Gasteiger partial charge in [0, 0.05) is 0 Å². The molecule has 0 heteroatoms. The predicted molar refractivity (Wildman–Crippen MR) is 55.8 cm³/mol. The molecule has 0 fully saturated rings. The van der Waals surface area contributed by atoms with Crippen molar-refractivity contribution in [3.63, 3.8) is 0 Å². The van der Waals surface area contributed by atoms with E-state index in [1.807, 2.05) is 0 Å². The number of allylic oxidation sites excluding steroid dienone is 1. The minimum atomic E-state index is 0.838. The molecule has 1 unspecified atom stereocenters. The van der Waals surface area contributed by atoms with Crippen LogP contribution >= 0.6 is 0 Å². The second-order valence-corrected chi connectivity index (χ2v) is 4.15. The highest BCUT2D eigenvalue weighted by atomic mass is 14.3. The van der Waals surface area contributed by atoms with Gasteiger partial charge >= 0.3 is 0 Å². The van der Waals surface area contributed by atoms with Crippen molar-refractivity contribution in [2.45, 2.75) is 31.6 Å². The molecule has 2 aliphatic rings. The molecule has 13 heavy (non-hydrogen) atoms. The molecule has 2 aliphatic carbocycles. The predicted octanol–water partition coefficient (Wildman–Crippen LogP) is 3.52. The van der Waals surface area contributed by atoms with Gasteiger partial charge in [0.2, 0.25) is 0 Å². The SMILES string of the molecule is C1=Cc2cccc3c2C(C1)CCC3. The highest BCUT2D eigenvalue weighted by Crippen LogP contribution is 2.39. The van der Waals surface area contributed by atoms with Crippen LogP contribution in [0.5, 0.6) is 0 Å². The Morgan fingerprint density at radius 3 is 3.23 bits per heavy atom. The van der Waals surface area contributed by atoms with Gasteiger partial charge in [0.05, 0.1) is 0 Å². The lowest BCUT2D eigenvalue weighted by Crippen LogP contribution is -2.12. The van der Waals surface area contributed by atoms with E-state index in [1.54, 1.807) is 11.1 Å². The molecule has 0 aromatic heterocycles. The number of aryl methyl sites for hydroxylation is 1. The van der Waals surface area contributed by atoms with Gasteiger partial charge in [-0.05, 0) is 48.3 Å². The van der Waals surface area contributed by atoms with Gasteiger partial charge in [0.25, 0.3) is 0 Å². The Bertz CT molecular complexity index is 360. The Labute approximate surface area is 79.3 Å². The first-order chi connectivity index (χ1) is 6.45. The zero-order chi connectivity index (χ0) is 8.67. The van der Waals surface area contributed by atoms with E-state index in [9.17, 15) is 0 Å². The second-order valence-electron chi connectivity index (χ2n) is 4.15. The van der Waals surface area contributed by atoms with Crippen molar-refractivity contribution in [3.05, 3.63) is 41.0 Å². The maximum absolute atomic E-state index is 2.34. The van der Waals surface area contributed by atoms with Crippen molar-refractivity contribution in [3.8, 4) is 0 Å². The van der Waals surface area contributed by atoms with Crippen molar-refractivity contribution < 1.29 is 0 Å². The number of hydrogen-bond acceptors (Lipinski definition) is 0. The van der Waals surface area contributed by atoms with Gasteiger partial charge < -0.3 is 0 Å². The Morgan fingerprint density at radius 1 is 1.23 bits per heavy atom. The highest BCUT2D eigenvalue weighted by Gasteiger charge is 2.23. The second kappa shape index (κ2) is 2.73. The molecule has 66 valence electrons. The van der Waals surface area contributed by atoms with Gasteiger partial charge in [-0.3, -0.25) is 0 Å². The highest BCUT2D eigenvalue weighted by molar-refractivity contribution is 5.60. The lowest BCUT2D eigenvalue weighted by molar-refractivity contribution is 0.554. The normalized spacial score (nSPS) is 24.2. The van der Waals surface area contributed by atoms with Crippen LogP contribution < -0.4 is 0 Å². The summed E-state index contributed by atoms with van der Waals surface area (Å²) >= 11 is 0. The van der Waals surface area contributed by atoms with Crippen molar-refractivity contribution in [1.82, 2.24) is 0 Å². The molecule has 0 nitrogen and oxygen atoms in total. The van der Waals surface area contributed by atoms with E-state index in [0.717, 1.165) is 5.92 Å². The molecular formula is C13H14. The first-order valence-corrected chi connectivity index (χ1v) is 5.23. The molecule has 1 aromatic rings. The maximum Gasteiger partial charge on any atom is -0.0118 e. The van der Waals surface area contributed by atoms with Crippen LogP contribution in [0, 0.1) is 0 Å². The summed E-state index contributed by atoms with van der Waals surface area (Å²) in [5.74, 6) is 0.838. The van der Waals surface area contributed by atoms with Crippen molar-refractivity contribution >= 4 is 6.08 Å². The molecule has 0 bridgehead atoms. The number of rotatable bonds is 0. The summed E-state index contributed by atoms with van der Waals surface area (Å²) in [5.41, 5.74) is 4.75. The van der Waals surface area contributed by atoms with Gasteiger partial charge in [-0.2, -0.15) is 0 Å². The van der Waals surface area contributed by atoms with E-state index in [2.05, 4.69) is 30.4 Å². The lowest BCUT2D eigenvalue weighted by atomic mass is 9.76. The fourth-order valence-electron chi connectivity index (χ4n) is 2.77. The summed E-state index contributed by atoms with van der Waals surface area (Å²) in [7, 11) is 0. The van der Waals surface area contributed by atoms with E-state index in [4.69, 9.17) is 0 Å². The molecule has 1 atom stereocenters. The molecular weight excluding hydrogens is 156 g/mol. The minimum absolute atomic E-state index is 0.838. The van der Waals surface area contributed by atoms with Gasteiger partial charge in [-0.1, -0.05) is 30.4 Å². The molecule has 0 heterocycles. The molecule has 0 aliphatic heterocycles. The van der Waals surface area contributed by atoms with Gasteiger partial charge in [0.15, 0.2) is 0 Å². The molecule has 0 spiro atoms. The topological polar surface area (TPSA) is 0 Å². The van der Waals surface area contributed by atoms with Crippen LogP contribution in [0.1, 0.15) is 41.9 Å². The van der Waals surface area contributed by atoms with E-state index < -0.39 is 0 Å². The Morgan fingerprint density at radius 2 is 2.23 bits per heavy atom. The molecule has 1 aromatic carbocycles. The Hall–Kier alpha value is -1.04. The van der Waals surface area contributed by atoms with Gasteiger partial charge in [-0.25, -0.2) is 0 Å². The monoisotopic (exact) mass is 170 g/mol. The van der Waals surface area contributed by atoms with Crippen molar-refractivity contribution in [2.75, 3.05) is 0 Å². The van der Waals surface area contributed by atoms with Crippen LogP contribution in [-0.2, 0) is 6.42 Å². The van der Waals surface area contributed by atoms with Crippen LogP contribution in [0.25, 0.3) is 6.08 Å². The average molecular weight is 170 g/mol. The summed E-state index contributed by atoms with van der Waals surface area (Å²) in [4.78, 5) is 0. The first-order valence-electron chi connectivity index (χ1n) is 5.23. The number of hydrogen-bond donors (Lipinski definition) is 0. The van der Waals surface area contributed by atoms with Crippen LogP contribution in [-0.4, -0.2) is 0 Å². The van der Waals surface area contributed by atoms with Crippen LogP contribution in [0.4, 0.5) is 0 Å². The summed E-state index contributed by atoms with van der Waals surface area (Å²) in [6, 6.07) is 6.77. The molecule has 3 rings (SSSR count). The molecule has 0 amide bonds. The van der Waals surface area contributed by atoms with Gasteiger partial charge in [0.1, 0.15) is 0 Å². The van der Waals surface area contributed by atoms with Gasteiger partial charge in [-0.15, -0.1) is 0 Å². The van der Waals surface area contributed by atoms with E-state index in [1.165, 1.54) is 31.2 Å². The van der Waals surface area contributed by atoms with Crippen molar-refractivity contribution in [1.29, 1.82) is 0 Å². The third-order valence-electron chi connectivity index (χ3n) is 3.36. The summed E-state index contributed by atoms with van der Waals surface area (Å²) in [6.45, 7) is 0. The quantitative estimate of drug-likeness (QED) is 0.559. The lowest BCUT2D eigenvalue weighted by Gasteiger charge is -2.29. The van der Waals surface area contributed by atoms with E-state index >= 15 is 0 Å². The van der Waals surface area contributed by atoms with Crippen LogP contribution in [0.15, 0.2) is 24.3 Å². The minimum Gasteiger partial charge on any atom is -0.0833 e. The Balaban J connectivity index is 2.24. The third kappa shape index (κ3) is 1.05. The fraction of sp³-hybridized carbons (Fsp3) is 0.385. The summed E-state index contributed by atoms with van der Waals surface area (Å²) in [6.07, 6.45) is 9.98. The van der Waals surface area contributed by atoms with Crippen LogP contribution in [0.3, 0.4) is 0 Å². The summed E-state index contributed by atoms with van der Waals surface area (Å²) < 4.78 is 0. The largest absolute Gasteiger partial charge is 0.0833 e. The Kier molecular flexibility index (Phi) is 1.55. The van der Waals surface area contributed by atoms with Crippen LogP contribution in [0.2, 0.25) is 0 Å². The first kappa shape index (κ1) is 7.37. The van der Waals surface area contributed by atoms with E-state index in [0.29, 0.717) is 0 Å². The van der Waals surface area contributed by atoms with Crippen molar-refractivity contribution in [2.24, 2.45) is 0 Å². The smallest absolute Gasteiger partial charge is 0.0118 e. The number of benzene rings is 1. The van der Waals surface area contributed by atoms with E-state index in [-0.39, 0.29) is 0 Å². The maximum atomic E-state index is 2.34. The molecule has 0 saturated heterocycles. The molecule has 0 radical (unpaired) electrons. The standard InChI is InChI=1S/C13H14/c1-4-10-6-2-8-12-9-3-7-11(5-1)13(10)12/h1-2,4-6,12H,3,7-9H2. The molecule has 0 saturated carbocycles.